The standard InChI is InChI=1S/C23H23ClFN3O2S.ClH/c24-18-6-2-1-5-17(18)9-10-21(29)28(12-4-11-27-13-15-30-16-14-27)23-26-22-19(25)7-3-8-20(22)31-23;/h1-3,5-10H,4,11-16H2;1H/b10-9+;. The predicted octanol–water partition coefficient (Wildman–Crippen LogP) is 5.28. The number of nitrogens with zero attached hydrogens (tertiary/aromatic N) is 3. The number of carbonyl (C=O) groups is 1. The lowest BCUT2D eigenvalue weighted by molar-refractivity contribution is -0.114. The normalized spacial score (nSPS) is 14.6. The zero-order valence-electron chi connectivity index (χ0n) is 17.4. The van der Waals surface area contributed by atoms with Crippen molar-refractivity contribution < 1.29 is 13.9 Å². The van der Waals surface area contributed by atoms with E-state index >= 15 is 0 Å². The number of thiazole rings is 1. The van der Waals surface area contributed by atoms with Crippen LogP contribution in [0.15, 0.2) is 48.5 Å². The maximum Gasteiger partial charge on any atom is 0.252 e. The average Bonchev–Trinajstić information content (AvgIpc) is 3.22. The number of morpholine rings is 1. The van der Waals surface area contributed by atoms with E-state index in [2.05, 4.69) is 9.88 Å². The van der Waals surface area contributed by atoms with E-state index in [0.717, 1.165) is 49.5 Å². The highest BCUT2D eigenvalue weighted by Crippen LogP contribution is 2.30. The molecule has 0 saturated carbocycles. The molecule has 5 nitrogen and oxygen atoms in total. The SMILES string of the molecule is Cl.O=C(/C=C/c1ccccc1Cl)N(CCCN1CCOCC1)c1nc2c(F)cccc2s1. The Hall–Kier alpha value is -2.03. The Balaban J connectivity index is 0.00000289. The lowest BCUT2D eigenvalue weighted by Gasteiger charge is -2.27. The molecule has 1 amide bonds. The van der Waals surface area contributed by atoms with Crippen molar-refractivity contribution in [2.45, 2.75) is 6.42 Å². The zero-order chi connectivity index (χ0) is 21.6. The topological polar surface area (TPSA) is 45.7 Å². The van der Waals surface area contributed by atoms with Crippen molar-refractivity contribution in [3.05, 3.63) is 64.9 Å². The molecule has 0 aliphatic carbocycles. The third-order valence-corrected chi connectivity index (χ3v) is 6.51. The van der Waals surface area contributed by atoms with E-state index in [1.807, 2.05) is 24.3 Å². The van der Waals surface area contributed by atoms with Crippen LogP contribution in [0.2, 0.25) is 5.02 Å². The summed E-state index contributed by atoms with van der Waals surface area (Å²) < 4.78 is 20.3. The second-order valence-corrected chi connectivity index (χ2v) is 8.65. The van der Waals surface area contributed by atoms with Gasteiger partial charge in [0.15, 0.2) is 5.13 Å². The van der Waals surface area contributed by atoms with E-state index in [4.69, 9.17) is 16.3 Å². The number of ether oxygens (including phenoxy) is 1. The molecule has 0 radical (unpaired) electrons. The first-order valence-corrected chi connectivity index (χ1v) is 11.4. The third-order valence-electron chi connectivity index (χ3n) is 5.13. The number of halogens is 3. The van der Waals surface area contributed by atoms with Crippen LogP contribution in [0.5, 0.6) is 0 Å². The lowest BCUT2D eigenvalue weighted by atomic mass is 10.2. The van der Waals surface area contributed by atoms with Gasteiger partial charge >= 0.3 is 0 Å². The number of aromatic nitrogens is 1. The summed E-state index contributed by atoms with van der Waals surface area (Å²) in [4.78, 5) is 21.5. The molecule has 1 saturated heterocycles. The van der Waals surface area contributed by atoms with Crippen LogP contribution in [0.1, 0.15) is 12.0 Å². The molecule has 0 spiro atoms. The van der Waals surface area contributed by atoms with Crippen LogP contribution in [-0.2, 0) is 9.53 Å². The molecule has 170 valence electrons. The fourth-order valence-corrected chi connectivity index (χ4v) is 4.67. The molecule has 1 aliphatic heterocycles. The van der Waals surface area contributed by atoms with E-state index in [1.165, 1.54) is 23.5 Å². The van der Waals surface area contributed by atoms with Gasteiger partial charge in [-0.25, -0.2) is 9.37 Å². The number of para-hydroxylation sites is 1. The average molecular weight is 496 g/mol. The van der Waals surface area contributed by atoms with Gasteiger partial charge in [0.2, 0.25) is 0 Å². The number of anilines is 1. The molecule has 4 rings (SSSR count). The zero-order valence-corrected chi connectivity index (χ0v) is 19.8. The Bertz CT molecular complexity index is 1090. The van der Waals surface area contributed by atoms with Crippen LogP contribution >= 0.6 is 35.3 Å². The number of benzene rings is 2. The van der Waals surface area contributed by atoms with Crippen molar-refractivity contribution in [3.8, 4) is 0 Å². The Kier molecular flexibility index (Phi) is 9.02. The van der Waals surface area contributed by atoms with Gasteiger partial charge in [0.25, 0.3) is 5.91 Å². The van der Waals surface area contributed by atoms with Gasteiger partial charge in [-0.1, -0.05) is 47.2 Å². The van der Waals surface area contributed by atoms with E-state index in [0.29, 0.717) is 22.2 Å². The Morgan fingerprint density at radius 2 is 2.00 bits per heavy atom. The predicted molar refractivity (Wildman–Crippen MR) is 132 cm³/mol. The van der Waals surface area contributed by atoms with Crippen molar-refractivity contribution >= 4 is 62.7 Å². The highest BCUT2D eigenvalue weighted by Gasteiger charge is 2.20. The number of fused-ring (bicyclic) bond motifs is 1. The second kappa shape index (κ2) is 11.7. The first-order valence-electron chi connectivity index (χ1n) is 10.2. The van der Waals surface area contributed by atoms with E-state index < -0.39 is 0 Å². The van der Waals surface area contributed by atoms with Crippen LogP contribution in [0.4, 0.5) is 9.52 Å². The highest BCUT2D eigenvalue weighted by molar-refractivity contribution is 7.22. The first kappa shape index (κ1) is 24.6. The van der Waals surface area contributed by atoms with Crippen LogP contribution in [-0.4, -0.2) is 55.2 Å². The summed E-state index contributed by atoms with van der Waals surface area (Å²) in [7, 11) is 0. The van der Waals surface area contributed by atoms with Crippen LogP contribution in [0, 0.1) is 5.82 Å². The van der Waals surface area contributed by atoms with Gasteiger partial charge in [-0.3, -0.25) is 14.6 Å². The van der Waals surface area contributed by atoms with Crippen molar-refractivity contribution in [1.82, 2.24) is 9.88 Å². The minimum absolute atomic E-state index is 0. The number of hydrogen-bond acceptors (Lipinski definition) is 5. The molecule has 1 aromatic heterocycles. The quantitative estimate of drug-likeness (QED) is 0.418. The molecule has 2 aromatic carbocycles. The monoisotopic (exact) mass is 495 g/mol. The Labute approximate surface area is 201 Å². The molecule has 1 fully saturated rings. The molecule has 0 N–H and O–H groups in total. The van der Waals surface area contributed by atoms with Gasteiger partial charge in [-0.15, -0.1) is 12.4 Å². The van der Waals surface area contributed by atoms with Gasteiger partial charge < -0.3 is 4.74 Å². The van der Waals surface area contributed by atoms with E-state index in [9.17, 15) is 9.18 Å². The fourth-order valence-electron chi connectivity index (χ4n) is 3.46. The molecule has 32 heavy (non-hydrogen) atoms. The molecule has 2 heterocycles. The van der Waals surface area contributed by atoms with Gasteiger partial charge in [0, 0.05) is 37.3 Å². The first-order chi connectivity index (χ1) is 15.1. The maximum atomic E-state index is 14.2. The second-order valence-electron chi connectivity index (χ2n) is 7.24. The minimum Gasteiger partial charge on any atom is -0.379 e. The summed E-state index contributed by atoms with van der Waals surface area (Å²) in [6.45, 7) is 4.62. The summed E-state index contributed by atoms with van der Waals surface area (Å²) >= 11 is 7.52. The highest BCUT2D eigenvalue weighted by atomic mass is 35.5. The molecular weight excluding hydrogens is 472 g/mol. The summed E-state index contributed by atoms with van der Waals surface area (Å²) in [5, 5.41) is 1.07. The number of rotatable bonds is 7. The van der Waals surface area contributed by atoms with Gasteiger partial charge in [-0.05, 0) is 36.3 Å². The van der Waals surface area contributed by atoms with Gasteiger partial charge in [-0.2, -0.15) is 0 Å². The minimum atomic E-state index is -0.382. The molecule has 0 atom stereocenters. The van der Waals surface area contributed by atoms with Gasteiger partial charge in [0.1, 0.15) is 11.3 Å². The van der Waals surface area contributed by atoms with Crippen molar-refractivity contribution in [2.75, 3.05) is 44.3 Å². The third kappa shape index (κ3) is 6.05. The largest absolute Gasteiger partial charge is 0.379 e. The van der Waals surface area contributed by atoms with Crippen molar-refractivity contribution in [2.24, 2.45) is 0 Å². The van der Waals surface area contributed by atoms with Gasteiger partial charge in [0.05, 0.1) is 17.9 Å². The Morgan fingerprint density at radius 1 is 1.22 bits per heavy atom. The molecule has 0 bridgehead atoms. The van der Waals surface area contributed by atoms with E-state index in [1.54, 1.807) is 23.1 Å². The molecule has 3 aromatic rings. The molecule has 9 heteroatoms. The Morgan fingerprint density at radius 3 is 2.75 bits per heavy atom. The summed E-state index contributed by atoms with van der Waals surface area (Å²) in [6, 6.07) is 12.2. The molecule has 1 aliphatic rings. The fraction of sp³-hybridized carbons (Fsp3) is 0.304. The van der Waals surface area contributed by atoms with Crippen molar-refractivity contribution in [3.63, 3.8) is 0 Å². The summed E-state index contributed by atoms with van der Waals surface area (Å²) in [5.74, 6) is -0.589. The number of carbonyl (C=O) groups excluding carboxylic acids is 1. The number of hydrogen-bond donors (Lipinski definition) is 0. The maximum absolute atomic E-state index is 14.2. The van der Waals surface area contributed by atoms with Crippen molar-refractivity contribution in [1.29, 1.82) is 0 Å². The van der Waals surface area contributed by atoms with Crippen LogP contribution in [0.25, 0.3) is 16.3 Å². The molecular formula is C23H24Cl2FN3O2S. The smallest absolute Gasteiger partial charge is 0.252 e. The summed E-state index contributed by atoms with van der Waals surface area (Å²) in [6.07, 6.45) is 3.98. The number of amides is 1. The lowest BCUT2D eigenvalue weighted by Crippen LogP contribution is -2.39. The molecule has 0 unspecified atom stereocenters. The van der Waals surface area contributed by atoms with Crippen LogP contribution < -0.4 is 4.90 Å². The summed E-state index contributed by atoms with van der Waals surface area (Å²) in [5.41, 5.74) is 1.06. The van der Waals surface area contributed by atoms with E-state index in [-0.39, 0.29) is 24.1 Å². The van der Waals surface area contributed by atoms with Crippen LogP contribution in [0.3, 0.4) is 0 Å².